The third-order valence-corrected chi connectivity index (χ3v) is 2.06. The van der Waals surface area contributed by atoms with Crippen LogP contribution in [0.1, 0.15) is 27.1 Å². The minimum Gasteiger partial charge on any atom is -0.303 e. The maximum absolute atomic E-state index is 11.1. The fourth-order valence-electron chi connectivity index (χ4n) is 1.30. The Balaban J connectivity index is 2.13. The zero-order valence-corrected chi connectivity index (χ0v) is 7.86. The largest absolute Gasteiger partial charge is 0.303 e. The summed E-state index contributed by atoms with van der Waals surface area (Å²) in [4.78, 5) is 33.7. The Hall–Kier alpha value is -1.45. The molecular formula is C10H13NO3. The first-order chi connectivity index (χ1) is 7.11. The summed E-state index contributed by atoms with van der Waals surface area (Å²) in [7, 11) is 0. The van der Waals surface area contributed by atoms with Gasteiger partial charge in [-0.25, -0.2) is 0 Å². The van der Waals surface area contributed by atoms with E-state index in [1.54, 1.807) is 0 Å². The Morgan fingerprint density at radius 2 is 1.86 bits per heavy atom. The fourth-order valence-corrected chi connectivity index (χ4v) is 1.30. The smallest absolute Gasteiger partial charge is 0.253 e. The summed E-state index contributed by atoms with van der Waals surface area (Å²) in [5.74, 6) is -0.534. The molecule has 1 aliphatic rings. The van der Waals surface area contributed by atoms with Gasteiger partial charge < -0.3 is 4.79 Å². The maximum atomic E-state index is 11.1. The molecule has 0 aromatic heterocycles. The number of carbonyl (C=O) groups excluding carboxylic acids is 3. The second-order valence-corrected chi connectivity index (χ2v) is 3.12. The van der Waals surface area contributed by atoms with E-state index in [0.29, 0.717) is 19.4 Å². The van der Waals surface area contributed by atoms with Crippen molar-refractivity contribution in [2.45, 2.75) is 25.7 Å². The van der Waals surface area contributed by atoms with E-state index in [9.17, 15) is 14.4 Å². The molecule has 1 aliphatic heterocycles. The van der Waals surface area contributed by atoms with Crippen molar-refractivity contribution in [3.8, 4) is 0 Å². The molecule has 0 bridgehead atoms. The lowest BCUT2D eigenvalue weighted by atomic mass is 10.2. The minimum atomic E-state index is -0.565. The molecule has 1 heterocycles. The topological polar surface area (TPSA) is 54.5 Å². The molecule has 4 nitrogen and oxygen atoms in total. The Labute approximate surface area is 84.0 Å². The van der Waals surface area contributed by atoms with Crippen LogP contribution in [0.3, 0.4) is 0 Å². The van der Waals surface area contributed by atoms with Crippen molar-refractivity contribution in [2.24, 2.45) is 0 Å². The van der Waals surface area contributed by atoms with Gasteiger partial charge in [0.1, 0.15) is 7.63 Å². The molecule has 0 saturated heterocycles. The number of carbonyl (C=O) groups is 3. The van der Waals surface area contributed by atoms with E-state index >= 15 is 0 Å². The molecular weight excluding hydrogens is 182 g/mol. The van der Waals surface area contributed by atoms with Gasteiger partial charge >= 0.3 is 0 Å². The van der Waals surface area contributed by atoms with Gasteiger partial charge in [0.15, 0.2) is 0 Å². The number of nitrogens with zero attached hydrogens (tertiary/aromatic N) is 1. The van der Waals surface area contributed by atoms with E-state index in [0.717, 1.165) is 6.42 Å². The fraction of sp³-hybridized carbons (Fsp3) is 0.500. The quantitative estimate of drug-likeness (QED) is 0.356. The number of rotatable bonds is 6. The molecule has 0 aromatic carbocycles. The highest BCUT2D eigenvalue weighted by Crippen LogP contribution is 2.06. The van der Waals surface area contributed by atoms with E-state index in [-0.39, 0.29) is 18.2 Å². The molecule has 14 heavy (non-hydrogen) atoms. The van der Waals surface area contributed by atoms with Crippen LogP contribution in [0.25, 0.3) is 0 Å². The first kappa shape index (κ1) is 9.12. The van der Waals surface area contributed by atoms with Crippen molar-refractivity contribution in [2.75, 3.05) is 6.54 Å². The van der Waals surface area contributed by atoms with Crippen molar-refractivity contribution < 1.29 is 15.8 Å². The van der Waals surface area contributed by atoms with Crippen LogP contribution in [-0.2, 0) is 14.4 Å². The van der Waals surface area contributed by atoms with Crippen LogP contribution in [0, 0.1) is 0 Å². The Kier molecular flexibility index (Phi) is 3.46. The molecule has 0 unspecified atom stereocenters. The van der Waals surface area contributed by atoms with Gasteiger partial charge in [0.25, 0.3) is 11.8 Å². The predicted octanol–water partition coefficient (Wildman–Crippen LogP) is 0.671. The van der Waals surface area contributed by atoms with Gasteiger partial charge in [0.05, 0.1) is 0 Å². The van der Waals surface area contributed by atoms with Crippen molar-refractivity contribution in [1.29, 1.82) is 0 Å². The number of hydrogen-bond acceptors (Lipinski definition) is 3. The van der Waals surface area contributed by atoms with E-state index in [1.807, 2.05) is 0 Å². The second kappa shape index (κ2) is 5.32. The maximum Gasteiger partial charge on any atom is 0.253 e. The van der Waals surface area contributed by atoms with Gasteiger partial charge in [-0.3, -0.25) is 14.5 Å². The summed E-state index contributed by atoms with van der Waals surface area (Å²) in [6.45, 7) is 0.400. The van der Waals surface area contributed by atoms with Crippen molar-refractivity contribution in [1.82, 2.24) is 4.90 Å². The molecule has 0 saturated carbocycles. The number of amides is 2. The lowest BCUT2D eigenvalue weighted by molar-refractivity contribution is -0.136. The van der Waals surface area contributed by atoms with Gasteiger partial charge in [0, 0.05) is 25.1 Å². The summed E-state index contributed by atoms with van der Waals surface area (Å²) in [6.07, 6.45) is 4.29. The first-order valence-corrected chi connectivity index (χ1v) is 4.64. The molecule has 0 aromatic rings. The van der Waals surface area contributed by atoms with E-state index < -0.39 is 6.26 Å². The molecule has 0 spiro atoms. The number of imide groups is 1. The predicted molar refractivity (Wildman–Crippen MR) is 50.4 cm³/mol. The highest BCUT2D eigenvalue weighted by Gasteiger charge is 2.21. The van der Waals surface area contributed by atoms with Crippen LogP contribution >= 0.6 is 0 Å². The monoisotopic (exact) mass is 196 g/mol. The molecule has 4 heteroatoms. The average molecular weight is 196 g/mol. The Morgan fingerprint density at radius 3 is 2.43 bits per heavy atom. The number of aldehydes is 1. The first-order valence-electron chi connectivity index (χ1n) is 5.14. The molecule has 0 aliphatic carbocycles. The summed E-state index contributed by atoms with van der Waals surface area (Å²) < 4.78 is 6.68. The molecule has 0 N–H and O–H groups in total. The average Bonchev–Trinajstić information content (AvgIpc) is 2.47. The summed E-state index contributed by atoms with van der Waals surface area (Å²) in [5.41, 5.74) is 0. The molecule has 0 atom stereocenters. The van der Waals surface area contributed by atoms with Gasteiger partial charge in [-0.05, 0) is 12.8 Å². The van der Waals surface area contributed by atoms with Gasteiger partial charge in [-0.1, -0.05) is 6.42 Å². The van der Waals surface area contributed by atoms with E-state index in [4.69, 9.17) is 1.37 Å². The van der Waals surface area contributed by atoms with Crippen LogP contribution in [-0.4, -0.2) is 29.5 Å². The van der Waals surface area contributed by atoms with Crippen molar-refractivity contribution in [3.05, 3.63) is 12.2 Å². The van der Waals surface area contributed by atoms with Crippen LogP contribution in [0.15, 0.2) is 12.2 Å². The van der Waals surface area contributed by atoms with Crippen molar-refractivity contribution in [3.63, 3.8) is 0 Å². The molecule has 1 rings (SSSR count). The molecule has 2 amide bonds. The van der Waals surface area contributed by atoms with Crippen LogP contribution in [0.4, 0.5) is 0 Å². The van der Waals surface area contributed by atoms with Crippen LogP contribution in [0.2, 0.25) is 0 Å². The minimum absolute atomic E-state index is 0.250. The third kappa shape index (κ3) is 2.80. The third-order valence-electron chi connectivity index (χ3n) is 2.06. The summed E-state index contributed by atoms with van der Waals surface area (Å²) >= 11 is 0. The molecule has 0 fully saturated rings. The van der Waals surface area contributed by atoms with Gasteiger partial charge in [0.2, 0.25) is 0 Å². The number of unbranched alkanes of at least 4 members (excludes halogenated alkanes) is 2. The SMILES string of the molecule is [2H]C(=O)CCCCCN1C(=O)C=CC1=O. The lowest BCUT2D eigenvalue weighted by Gasteiger charge is -2.12. The van der Waals surface area contributed by atoms with Crippen LogP contribution < -0.4 is 0 Å². The number of hydrogen-bond donors (Lipinski definition) is 0. The van der Waals surface area contributed by atoms with Crippen LogP contribution in [0.5, 0.6) is 0 Å². The Morgan fingerprint density at radius 1 is 1.21 bits per heavy atom. The second-order valence-electron chi connectivity index (χ2n) is 3.12. The van der Waals surface area contributed by atoms with E-state index in [1.165, 1.54) is 17.1 Å². The summed E-state index contributed by atoms with van der Waals surface area (Å²) in [6, 6.07) is 0. The van der Waals surface area contributed by atoms with Gasteiger partial charge in [-0.2, -0.15) is 0 Å². The van der Waals surface area contributed by atoms with E-state index in [2.05, 4.69) is 0 Å². The Bertz CT molecular complexity index is 294. The highest BCUT2D eigenvalue weighted by atomic mass is 16.2. The van der Waals surface area contributed by atoms with Gasteiger partial charge in [-0.15, -0.1) is 0 Å². The summed E-state index contributed by atoms with van der Waals surface area (Å²) in [5, 5.41) is 0. The van der Waals surface area contributed by atoms with Crippen molar-refractivity contribution >= 4 is 18.1 Å². The normalized spacial score (nSPS) is 16.3. The zero-order chi connectivity index (χ0) is 11.3. The lowest BCUT2D eigenvalue weighted by Crippen LogP contribution is -2.30. The standard InChI is InChI=1S/C10H13NO3/c12-8-4-2-1-3-7-11-9(13)5-6-10(11)14/h5-6,8H,1-4,7H2/i8D. The molecule has 76 valence electrons. The zero-order valence-electron chi connectivity index (χ0n) is 8.86. The highest BCUT2D eigenvalue weighted by molar-refractivity contribution is 6.12. The molecule has 0 radical (unpaired) electrons.